The SMILES string of the molecule is C=C(C)C(=O)Oc1ccc(-c2cc(C)c(-c3ccc(OC(=O)C(=C)C)c4c3CCC4)cc2C)cc1OC(=O)C(=C)C. The van der Waals surface area contributed by atoms with Gasteiger partial charge in [-0.25, -0.2) is 14.4 Å². The zero-order valence-corrected chi connectivity index (χ0v) is 24.2. The molecule has 0 saturated heterocycles. The highest BCUT2D eigenvalue weighted by Gasteiger charge is 2.23. The number of rotatable bonds is 8. The monoisotopic (exact) mass is 550 g/mol. The van der Waals surface area contributed by atoms with E-state index in [2.05, 4.69) is 38.8 Å². The first-order chi connectivity index (χ1) is 19.4. The Hall–Kier alpha value is -4.71. The topological polar surface area (TPSA) is 78.9 Å². The van der Waals surface area contributed by atoms with Crippen LogP contribution in [0.4, 0.5) is 0 Å². The number of carbonyl (C=O) groups excluding carboxylic acids is 3. The predicted octanol–water partition coefficient (Wildman–Crippen LogP) is 7.57. The largest absolute Gasteiger partial charge is 0.423 e. The second-order valence-electron chi connectivity index (χ2n) is 10.6. The molecule has 0 N–H and O–H groups in total. The van der Waals surface area contributed by atoms with Gasteiger partial charge in [-0.1, -0.05) is 44.0 Å². The van der Waals surface area contributed by atoms with E-state index in [4.69, 9.17) is 14.2 Å². The summed E-state index contributed by atoms with van der Waals surface area (Å²) in [4.78, 5) is 36.7. The van der Waals surface area contributed by atoms with Crippen molar-refractivity contribution < 1.29 is 28.6 Å². The Morgan fingerprint density at radius 1 is 0.585 bits per heavy atom. The molecular weight excluding hydrogens is 516 g/mol. The van der Waals surface area contributed by atoms with Crippen molar-refractivity contribution in [3.8, 4) is 39.5 Å². The summed E-state index contributed by atoms with van der Waals surface area (Å²) in [5.74, 6) is -0.824. The third-order valence-electron chi connectivity index (χ3n) is 7.01. The van der Waals surface area contributed by atoms with Gasteiger partial charge in [0.1, 0.15) is 5.75 Å². The summed E-state index contributed by atoms with van der Waals surface area (Å²) < 4.78 is 16.6. The average Bonchev–Trinajstić information content (AvgIpc) is 3.41. The minimum absolute atomic E-state index is 0.115. The van der Waals surface area contributed by atoms with Gasteiger partial charge in [0.15, 0.2) is 11.5 Å². The fourth-order valence-electron chi connectivity index (χ4n) is 4.84. The van der Waals surface area contributed by atoms with Crippen LogP contribution in [0.2, 0.25) is 0 Å². The van der Waals surface area contributed by atoms with Gasteiger partial charge < -0.3 is 14.2 Å². The van der Waals surface area contributed by atoms with Crippen LogP contribution >= 0.6 is 0 Å². The number of ether oxygens (including phenoxy) is 3. The van der Waals surface area contributed by atoms with Crippen LogP contribution in [0.3, 0.4) is 0 Å². The Balaban J connectivity index is 1.75. The molecule has 6 nitrogen and oxygen atoms in total. The highest BCUT2D eigenvalue weighted by molar-refractivity contribution is 5.92. The minimum Gasteiger partial charge on any atom is -0.423 e. The molecule has 4 rings (SSSR count). The van der Waals surface area contributed by atoms with Gasteiger partial charge in [-0.2, -0.15) is 0 Å². The van der Waals surface area contributed by atoms with Crippen LogP contribution in [0, 0.1) is 13.8 Å². The van der Waals surface area contributed by atoms with Crippen molar-refractivity contribution in [3.63, 3.8) is 0 Å². The Morgan fingerprint density at radius 2 is 1.07 bits per heavy atom. The van der Waals surface area contributed by atoms with Crippen LogP contribution < -0.4 is 14.2 Å². The fourth-order valence-corrected chi connectivity index (χ4v) is 4.84. The lowest BCUT2D eigenvalue weighted by molar-refractivity contribution is -0.132. The minimum atomic E-state index is -0.621. The number of carbonyl (C=O) groups is 3. The van der Waals surface area contributed by atoms with Crippen molar-refractivity contribution in [1.29, 1.82) is 0 Å². The maximum atomic E-state index is 12.4. The van der Waals surface area contributed by atoms with Gasteiger partial charge in [0, 0.05) is 16.7 Å². The lowest BCUT2D eigenvalue weighted by Crippen LogP contribution is -2.12. The quantitative estimate of drug-likeness (QED) is 0.164. The number of fused-ring (bicyclic) bond motifs is 1. The van der Waals surface area contributed by atoms with Gasteiger partial charge >= 0.3 is 17.9 Å². The van der Waals surface area contributed by atoms with Gasteiger partial charge in [0.25, 0.3) is 0 Å². The summed E-state index contributed by atoms with van der Waals surface area (Å²) >= 11 is 0. The number of hydrogen-bond acceptors (Lipinski definition) is 6. The van der Waals surface area contributed by atoms with Crippen LogP contribution in [-0.4, -0.2) is 17.9 Å². The Bertz CT molecular complexity index is 1640. The molecule has 0 saturated carbocycles. The average molecular weight is 551 g/mol. The lowest BCUT2D eigenvalue weighted by Gasteiger charge is -2.18. The van der Waals surface area contributed by atoms with E-state index in [9.17, 15) is 14.4 Å². The van der Waals surface area contributed by atoms with Crippen molar-refractivity contribution in [1.82, 2.24) is 0 Å². The van der Waals surface area contributed by atoms with Crippen LogP contribution in [0.25, 0.3) is 22.3 Å². The molecule has 0 atom stereocenters. The molecule has 6 heteroatoms. The Labute approximate surface area is 241 Å². The van der Waals surface area contributed by atoms with E-state index in [1.807, 2.05) is 25.1 Å². The molecule has 0 aliphatic heterocycles. The van der Waals surface area contributed by atoms with E-state index < -0.39 is 17.9 Å². The zero-order chi connectivity index (χ0) is 30.0. The predicted molar refractivity (Wildman–Crippen MR) is 160 cm³/mol. The van der Waals surface area contributed by atoms with Crippen LogP contribution in [-0.2, 0) is 27.2 Å². The van der Waals surface area contributed by atoms with E-state index in [1.165, 1.54) is 5.56 Å². The molecule has 0 unspecified atom stereocenters. The smallest absolute Gasteiger partial charge is 0.338 e. The Morgan fingerprint density at radius 3 is 1.68 bits per heavy atom. The molecule has 3 aromatic carbocycles. The summed E-state index contributed by atoms with van der Waals surface area (Å²) in [6.45, 7) is 19.8. The summed E-state index contributed by atoms with van der Waals surface area (Å²) in [6, 6.07) is 13.3. The van der Waals surface area contributed by atoms with Gasteiger partial charge in [0.05, 0.1) is 0 Å². The molecule has 0 amide bonds. The highest BCUT2D eigenvalue weighted by atomic mass is 16.6. The fraction of sp³-hybridized carbons (Fsp3) is 0.229. The van der Waals surface area contributed by atoms with Crippen molar-refractivity contribution in [2.24, 2.45) is 0 Å². The summed E-state index contributed by atoms with van der Waals surface area (Å²) in [6.07, 6.45) is 2.76. The maximum Gasteiger partial charge on any atom is 0.338 e. The molecule has 0 fully saturated rings. The molecule has 0 bridgehead atoms. The van der Waals surface area contributed by atoms with Crippen molar-refractivity contribution in [2.75, 3.05) is 0 Å². The first kappa shape index (κ1) is 29.3. The third-order valence-corrected chi connectivity index (χ3v) is 7.01. The van der Waals surface area contributed by atoms with Crippen LogP contribution in [0.15, 0.2) is 78.9 Å². The molecule has 210 valence electrons. The number of hydrogen-bond donors (Lipinski definition) is 0. The second-order valence-corrected chi connectivity index (χ2v) is 10.6. The molecule has 0 spiro atoms. The van der Waals surface area contributed by atoms with Crippen LogP contribution in [0.5, 0.6) is 17.2 Å². The van der Waals surface area contributed by atoms with E-state index in [1.54, 1.807) is 32.9 Å². The van der Waals surface area contributed by atoms with E-state index in [-0.39, 0.29) is 22.6 Å². The number of esters is 3. The second kappa shape index (κ2) is 11.8. The normalized spacial score (nSPS) is 11.8. The van der Waals surface area contributed by atoms with Crippen molar-refractivity contribution >= 4 is 17.9 Å². The molecule has 0 heterocycles. The van der Waals surface area contributed by atoms with Crippen molar-refractivity contribution in [3.05, 3.63) is 101 Å². The lowest BCUT2D eigenvalue weighted by atomic mass is 9.89. The molecule has 1 aliphatic carbocycles. The molecule has 0 radical (unpaired) electrons. The third kappa shape index (κ3) is 6.22. The van der Waals surface area contributed by atoms with Gasteiger partial charge in [-0.15, -0.1) is 0 Å². The van der Waals surface area contributed by atoms with E-state index >= 15 is 0 Å². The highest BCUT2D eigenvalue weighted by Crippen LogP contribution is 2.42. The van der Waals surface area contributed by atoms with Gasteiger partial charge in [-0.05, 0) is 117 Å². The standard InChI is InChI=1S/C35H34O6/c1-19(2)33(36)39-30-15-13-26(25-10-9-11-27(25)30)29-17-22(7)28(16-23(29)8)24-12-14-31(40-34(37)20(3)4)32(18-24)41-35(38)21(5)6/h12-18H,1,3,5,9-11H2,2,4,6-8H3. The van der Waals surface area contributed by atoms with Gasteiger partial charge in [-0.3, -0.25) is 0 Å². The summed E-state index contributed by atoms with van der Waals surface area (Å²) in [5, 5.41) is 0. The molecule has 41 heavy (non-hydrogen) atoms. The first-order valence-corrected chi connectivity index (χ1v) is 13.4. The van der Waals surface area contributed by atoms with Crippen molar-refractivity contribution in [2.45, 2.75) is 53.9 Å². The van der Waals surface area contributed by atoms with Gasteiger partial charge in [0.2, 0.25) is 0 Å². The molecule has 1 aliphatic rings. The first-order valence-electron chi connectivity index (χ1n) is 13.4. The Kier molecular flexibility index (Phi) is 8.43. The van der Waals surface area contributed by atoms with Crippen LogP contribution in [0.1, 0.15) is 49.4 Å². The van der Waals surface area contributed by atoms with E-state index in [0.29, 0.717) is 11.3 Å². The summed E-state index contributed by atoms with van der Waals surface area (Å²) in [7, 11) is 0. The van der Waals surface area contributed by atoms with E-state index in [0.717, 1.165) is 58.2 Å². The molecular formula is C35H34O6. The maximum absolute atomic E-state index is 12.4. The number of benzene rings is 3. The zero-order valence-electron chi connectivity index (χ0n) is 24.2. The molecule has 3 aromatic rings. The summed E-state index contributed by atoms with van der Waals surface area (Å²) in [5.41, 5.74) is 9.11. The number of aryl methyl sites for hydroxylation is 2. The molecule has 0 aromatic heterocycles.